The molecule has 1 atom stereocenters. The Kier molecular flexibility index (Phi) is 4.67. The van der Waals surface area contributed by atoms with Crippen LogP contribution >= 0.6 is 11.6 Å². The van der Waals surface area contributed by atoms with Gasteiger partial charge in [0.05, 0.1) is 0 Å². The fourth-order valence-corrected chi connectivity index (χ4v) is 3.60. The second kappa shape index (κ2) is 5.33. The molecule has 1 aliphatic heterocycles. The summed E-state index contributed by atoms with van der Waals surface area (Å²) >= 11 is 5.46. The van der Waals surface area contributed by atoms with E-state index in [1.807, 2.05) is 0 Å². The molecular formula is C9H18ClNO2S. The lowest BCUT2D eigenvalue weighted by Crippen LogP contribution is -2.43. The van der Waals surface area contributed by atoms with Gasteiger partial charge in [-0.1, -0.05) is 19.8 Å². The Hall–Kier alpha value is 0.200. The van der Waals surface area contributed by atoms with Gasteiger partial charge in [-0.25, -0.2) is 8.42 Å². The van der Waals surface area contributed by atoms with Crippen molar-refractivity contribution < 1.29 is 8.42 Å². The maximum Gasteiger partial charge on any atom is 0.228 e. The summed E-state index contributed by atoms with van der Waals surface area (Å²) in [5.74, 6) is 0. The van der Waals surface area contributed by atoms with Gasteiger partial charge in [0.15, 0.2) is 0 Å². The van der Waals surface area contributed by atoms with Crippen LogP contribution in [-0.4, -0.2) is 30.5 Å². The number of rotatable bonds is 4. The first kappa shape index (κ1) is 12.3. The SMILES string of the molecule is CCCC1CCCCN1S(=O)(=O)CCl. The van der Waals surface area contributed by atoms with Crippen molar-refractivity contribution in [1.29, 1.82) is 0 Å². The first-order valence-electron chi connectivity index (χ1n) is 5.17. The van der Waals surface area contributed by atoms with Crippen molar-refractivity contribution in [2.24, 2.45) is 0 Å². The minimum Gasteiger partial charge on any atom is -0.211 e. The molecular weight excluding hydrogens is 222 g/mol. The lowest BCUT2D eigenvalue weighted by atomic mass is 10.0. The summed E-state index contributed by atoms with van der Waals surface area (Å²) in [4.78, 5) is 0. The van der Waals surface area contributed by atoms with Crippen LogP contribution < -0.4 is 0 Å². The molecule has 0 aromatic carbocycles. The van der Waals surface area contributed by atoms with E-state index >= 15 is 0 Å². The number of hydrogen-bond acceptors (Lipinski definition) is 2. The summed E-state index contributed by atoms with van der Waals surface area (Å²) in [6.45, 7) is 2.74. The predicted octanol–water partition coefficient (Wildman–Crippen LogP) is 2.17. The van der Waals surface area contributed by atoms with Gasteiger partial charge in [-0.15, -0.1) is 11.6 Å². The van der Waals surface area contributed by atoms with E-state index in [1.165, 1.54) is 0 Å². The highest BCUT2D eigenvalue weighted by Gasteiger charge is 2.30. The van der Waals surface area contributed by atoms with Crippen molar-refractivity contribution in [1.82, 2.24) is 4.31 Å². The molecule has 1 fully saturated rings. The standard InChI is InChI=1S/C9H18ClNO2S/c1-2-5-9-6-3-4-7-11(9)14(12,13)8-10/h9H,2-8H2,1H3. The monoisotopic (exact) mass is 239 g/mol. The van der Waals surface area contributed by atoms with Gasteiger partial charge in [0.2, 0.25) is 10.0 Å². The number of sulfonamides is 1. The quantitative estimate of drug-likeness (QED) is 0.706. The van der Waals surface area contributed by atoms with Crippen molar-refractivity contribution in [2.75, 3.05) is 11.8 Å². The molecule has 1 rings (SSSR count). The molecule has 1 heterocycles. The van der Waals surface area contributed by atoms with Crippen LogP contribution in [0.4, 0.5) is 0 Å². The predicted molar refractivity (Wildman–Crippen MR) is 58.9 cm³/mol. The van der Waals surface area contributed by atoms with E-state index in [0.717, 1.165) is 32.1 Å². The molecule has 1 aliphatic rings. The Morgan fingerprint density at radius 2 is 2.14 bits per heavy atom. The van der Waals surface area contributed by atoms with Gasteiger partial charge in [0, 0.05) is 12.6 Å². The molecule has 5 heteroatoms. The largest absolute Gasteiger partial charge is 0.228 e. The van der Waals surface area contributed by atoms with Crippen molar-refractivity contribution in [2.45, 2.75) is 45.1 Å². The smallest absolute Gasteiger partial charge is 0.211 e. The van der Waals surface area contributed by atoms with Crippen LogP contribution in [0.3, 0.4) is 0 Å². The van der Waals surface area contributed by atoms with Gasteiger partial charge >= 0.3 is 0 Å². The van der Waals surface area contributed by atoms with Crippen LogP contribution in [0.5, 0.6) is 0 Å². The van der Waals surface area contributed by atoms with Crippen molar-refractivity contribution >= 4 is 21.6 Å². The second-order valence-corrected chi connectivity index (χ2v) is 6.28. The highest BCUT2D eigenvalue weighted by Crippen LogP contribution is 2.24. The summed E-state index contributed by atoms with van der Waals surface area (Å²) < 4.78 is 24.9. The van der Waals surface area contributed by atoms with Crippen LogP contribution in [0.15, 0.2) is 0 Å². The molecule has 3 nitrogen and oxygen atoms in total. The topological polar surface area (TPSA) is 37.4 Å². The Morgan fingerprint density at radius 1 is 1.43 bits per heavy atom. The lowest BCUT2D eigenvalue weighted by Gasteiger charge is -2.34. The maximum absolute atomic E-state index is 11.6. The molecule has 0 radical (unpaired) electrons. The molecule has 0 spiro atoms. The fraction of sp³-hybridized carbons (Fsp3) is 1.00. The first-order chi connectivity index (χ1) is 6.61. The minimum absolute atomic E-state index is 0.192. The number of nitrogens with zero attached hydrogens (tertiary/aromatic N) is 1. The molecule has 84 valence electrons. The summed E-state index contributed by atoms with van der Waals surface area (Å²) in [6, 6.07) is 0.192. The van der Waals surface area contributed by atoms with Crippen LogP contribution in [0.25, 0.3) is 0 Å². The molecule has 0 aromatic rings. The van der Waals surface area contributed by atoms with Crippen LogP contribution in [0.1, 0.15) is 39.0 Å². The molecule has 0 N–H and O–H groups in total. The van der Waals surface area contributed by atoms with Crippen LogP contribution in [0.2, 0.25) is 0 Å². The van der Waals surface area contributed by atoms with Crippen molar-refractivity contribution in [3.8, 4) is 0 Å². The zero-order valence-electron chi connectivity index (χ0n) is 8.58. The first-order valence-corrected chi connectivity index (χ1v) is 7.31. The summed E-state index contributed by atoms with van der Waals surface area (Å²) in [5.41, 5.74) is 0. The second-order valence-electron chi connectivity index (χ2n) is 3.77. The number of hydrogen-bond donors (Lipinski definition) is 0. The molecule has 0 aliphatic carbocycles. The van der Waals surface area contributed by atoms with Gasteiger partial charge < -0.3 is 0 Å². The van der Waals surface area contributed by atoms with Gasteiger partial charge in [0.25, 0.3) is 0 Å². The van der Waals surface area contributed by atoms with Crippen LogP contribution in [0, 0.1) is 0 Å². The van der Waals surface area contributed by atoms with Crippen LogP contribution in [-0.2, 0) is 10.0 Å². The molecule has 14 heavy (non-hydrogen) atoms. The van der Waals surface area contributed by atoms with E-state index in [0.29, 0.717) is 6.54 Å². The summed E-state index contributed by atoms with van der Waals surface area (Å²) in [5, 5.41) is -0.285. The molecule has 1 unspecified atom stereocenters. The Balaban J connectivity index is 2.72. The third-order valence-corrected chi connectivity index (χ3v) is 4.99. The van der Waals surface area contributed by atoms with Gasteiger partial charge in [-0.2, -0.15) is 4.31 Å². The Bertz CT molecular complexity index is 264. The molecule has 0 saturated carbocycles. The molecule has 1 saturated heterocycles. The number of piperidine rings is 1. The number of halogens is 1. The minimum atomic E-state index is -3.19. The van der Waals surface area contributed by atoms with Crippen molar-refractivity contribution in [3.63, 3.8) is 0 Å². The summed E-state index contributed by atoms with van der Waals surface area (Å²) in [6.07, 6.45) is 5.08. The van der Waals surface area contributed by atoms with E-state index in [-0.39, 0.29) is 11.3 Å². The Labute approximate surface area is 91.5 Å². The normalized spacial score (nSPS) is 25.1. The van der Waals surface area contributed by atoms with E-state index < -0.39 is 10.0 Å². The van der Waals surface area contributed by atoms with E-state index in [2.05, 4.69) is 6.92 Å². The zero-order valence-corrected chi connectivity index (χ0v) is 10.1. The zero-order chi connectivity index (χ0) is 10.6. The van der Waals surface area contributed by atoms with Gasteiger partial charge in [0.1, 0.15) is 5.21 Å². The molecule has 0 amide bonds. The molecule has 0 aromatic heterocycles. The fourth-order valence-electron chi connectivity index (χ4n) is 2.02. The third-order valence-electron chi connectivity index (χ3n) is 2.69. The number of alkyl halides is 1. The maximum atomic E-state index is 11.6. The van der Waals surface area contributed by atoms with Crippen molar-refractivity contribution in [3.05, 3.63) is 0 Å². The van der Waals surface area contributed by atoms with E-state index in [1.54, 1.807) is 4.31 Å². The lowest BCUT2D eigenvalue weighted by molar-refractivity contribution is 0.240. The average Bonchev–Trinajstić information content (AvgIpc) is 2.19. The third kappa shape index (κ3) is 2.84. The average molecular weight is 240 g/mol. The van der Waals surface area contributed by atoms with Gasteiger partial charge in [-0.3, -0.25) is 0 Å². The highest BCUT2D eigenvalue weighted by molar-refractivity contribution is 7.90. The van der Waals surface area contributed by atoms with E-state index in [4.69, 9.17) is 11.6 Å². The Morgan fingerprint density at radius 3 is 2.71 bits per heavy atom. The molecule has 0 bridgehead atoms. The highest BCUT2D eigenvalue weighted by atomic mass is 35.5. The van der Waals surface area contributed by atoms with E-state index in [9.17, 15) is 8.42 Å². The summed E-state index contributed by atoms with van der Waals surface area (Å²) in [7, 11) is -3.19. The van der Waals surface area contributed by atoms with Gasteiger partial charge in [-0.05, 0) is 19.3 Å².